The topological polar surface area (TPSA) is 85.6 Å². The first-order valence-electron chi connectivity index (χ1n) is 8.82. The van der Waals surface area contributed by atoms with Crippen LogP contribution in [0, 0.1) is 11.3 Å². The van der Waals surface area contributed by atoms with Gasteiger partial charge < -0.3 is 0 Å². The molecule has 2 aromatic carbocycles. The molecule has 0 saturated heterocycles. The molecule has 4 aromatic rings. The van der Waals surface area contributed by atoms with Crippen molar-refractivity contribution in [2.24, 2.45) is 14.1 Å². The summed E-state index contributed by atoms with van der Waals surface area (Å²) in [5.41, 5.74) is 3.28. The van der Waals surface area contributed by atoms with Gasteiger partial charge in [0.05, 0.1) is 18.2 Å². The maximum absolute atomic E-state index is 12.4. The highest BCUT2D eigenvalue weighted by Crippen LogP contribution is 2.24. The molecule has 0 bridgehead atoms. The third kappa shape index (κ3) is 3.09. The summed E-state index contributed by atoms with van der Waals surface area (Å²) < 4.78 is 4.74. The van der Waals surface area contributed by atoms with E-state index in [0.29, 0.717) is 22.5 Å². The van der Waals surface area contributed by atoms with Gasteiger partial charge in [-0.1, -0.05) is 42.5 Å². The zero-order valence-electron chi connectivity index (χ0n) is 15.8. The number of imidazole rings is 1. The summed E-state index contributed by atoms with van der Waals surface area (Å²) in [7, 11) is 3.06. The zero-order chi connectivity index (χ0) is 20.7. The van der Waals surface area contributed by atoms with Crippen LogP contribution in [0.25, 0.3) is 22.3 Å². The fraction of sp³-hybridized carbons (Fsp3) is 0.143. The molecular weight excluding hydrogens is 434 g/mol. The van der Waals surface area contributed by atoms with Crippen LogP contribution in [0.1, 0.15) is 11.1 Å². The normalized spacial score (nSPS) is 11.0. The lowest BCUT2D eigenvalue weighted by Crippen LogP contribution is -2.37. The largest absolute Gasteiger partial charge is 0.332 e. The van der Waals surface area contributed by atoms with Crippen molar-refractivity contribution in [3.63, 3.8) is 0 Å². The molecule has 0 N–H and O–H groups in total. The van der Waals surface area contributed by atoms with Crippen molar-refractivity contribution in [2.45, 2.75) is 6.54 Å². The standard InChI is InChI=1S/C21H16BrN5O2/c1-25-18-17(19(28)26(2)21(25)29)24-20(22)27(18)12-13-7-9-14(10-8-13)16-6-4-3-5-15(16)11-23/h3-10H,12H2,1-2H3. The lowest BCUT2D eigenvalue weighted by molar-refractivity contribution is 0.685. The fourth-order valence-corrected chi connectivity index (χ4v) is 3.88. The van der Waals surface area contributed by atoms with E-state index in [1.807, 2.05) is 42.5 Å². The van der Waals surface area contributed by atoms with Crippen LogP contribution < -0.4 is 11.2 Å². The van der Waals surface area contributed by atoms with Crippen LogP contribution in [-0.4, -0.2) is 18.7 Å². The van der Waals surface area contributed by atoms with E-state index in [1.54, 1.807) is 17.7 Å². The van der Waals surface area contributed by atoms with E-state index in [-0.39, 0.29) is 5.52 Å². The van der Waals surface area contributed by atoms with Gasteiger partial charge in [0, 0.05) is 14.1 Å². The maximum atomic E-state index is 12.4. The number of nitriles is 1. The Morgan fingerprint density at radius 1 is 1.03 bits per heavy atom. The smallest absolute Gasteiger partial charge is 0.300 e. The summed E-state index contributed by atoms with van der Waals surface area (Å²) in [6.07, 6.45) is 0. The summed E-state index contributed by atoms with van der Waals surface area (Å²) in [6.45, 7) is 0.428. The molecule has 4 rings (SSSR count). The molecule has 0 unspecified atom stereocenters. The average molecular weight is 450 g/mol. The van der Waals surface area contributed by atoms with Crippen molar-refractivity contribution in [1.29, 1.82) is 5.26 Å². The summed E-state index contributed by atoms with van der Waals surface area (Å²) in [4.78, 5) is 29.0. The number of hydrogen-bond donors (Lipinski definition) is 0. The van der Waals surface area contributed by atoms with Crippen LogP contribution >= 0.6 is 15.9 Å². The molecule has 0 aliphatic heterocycles. The Bertz CT molecular complexity index is 1400. The SMILES string of the molecule is Cn1c(=O)c2nc(Br)n(Cc3ccc(-c4ccccc4C#N)cc3)c2n(C)c1=O. The molecule has 29 heavy (non-hydrogen) atoms. The number of hydrogen-bond acceptors (Lipinski definition) is 4. The van der Waals surface area contributed by atoms with Gasteiger partial charge in [0.1, 0.15) is 0 Å². The molecule has 144 valence electrons. The number of benzene rings is 2. The van der Waals surface area contributed by atoms with Gasteiger partial charge in [-0.05, 0) is 38.7 Å². The van der Waals surface area contributed by atoms with Crippen LogP contribution in [0.3, 0.4) is 0 Å². The Hall–Kier alpha value is -3.44. The van der Waals surface area contributed by atoms with Crippen molar-refractivity contribution < 1.29 is 0 Å². The van der Waals surface area contributed by atoms with Gasteiger partial charge in [-0.15, -0.1) is 0 Å². The average Bonchev–Trinajstić information content (AvgIpc) is 3.07. The van der Waals surface area contributed by atoms with E-state index in [4.69, 9.17) is 0 Å². The Labute approximate surface area is 174 Å². The van der Waals surface area contributed by atoms with Gasteiger partial charge in [-0.25, -0.2) is 9.78 Å². The van der Waals surface area contributed by atoms with E-state index in [2.05, 4.69) is 27.0 Å². The predicted octanol–water partition coefficient (Wildman–Crippen LogP) is 2.78. The van der Waals surface area contributed by atoms with E-state index in [9.17, 15) is 14.9 Å². The first-order valence-corrected chi connectivity index (χ1v) is 9.62. The Kier molecular flexibility index (Phi) is 4.68. The van der Waals surface area contributed by atoms with Gasteiger partial charge in [0.15, 0.2) is 15.9 Å². The second kappa shape index (κ2) is 7.18. The van der Waals surface area contributed by atoms with Crippen molar-refractivity contribution in [2.75, 3.05) is 0 Å². The lowest BCUT2D eigenvalue weighted by Gasteiger charge is -2.11. The number of fused-ring (bicyclic) bond motifs is 1. The molecule has 0 radical (unpaired) electrons. The monoisotopic (exact) mass is 449 g/mol. The number of rotatable bonds is 3. The van der Waals surface area contributed by atoms with Crippen LogP contribution in [0.15, 0.2) is 62.9 Å². The number of halogens is 1. The van der Waals surface area contributed by atoms with Crippen molar-refractivity contribution in [3.8, 4) is 17.2 Å². The highest BCUT2D eigenvalue weighted by Gasteiger charge is 2.18. The minimum atomic E-state index is -0.425. The summed E-state index contributed by atoms with van der Waals surface area (Å²) in [6, 6.07) is 17.5. The first kappa shape index (κ1) is 18.9. The molecule has 2 aromatic heterocycles. The molecule has 0 atom stereocenters. The molecule has 0 amide bonds. The van der Waals surface area contributed by atoms with Gasteiger partial charge in [0.25, 0.3) is 5.56 Å². The summed E-state index contributed by atoms with van der Waals surface area (Å²) in [5.74, 6) is 0. The van der Waals surface area contributed by atoms with E-state index in [1.165, 1.54) is 11.6 Å². The third-order valence-corrected chi connectivity index (χ3v) is 5.55. The predicted molar refractivity (Wildman–Crippen MR) is 114 cm³/mol. The number of nitrogens with zero attached hydrogens (tertiary/aromatic N) is 5. The van der Waals surface area contributed by atoms with Crippen molar-refractivity contribution in [3.05, 3.63) is 85.2 Å². The Morgan fingerprint density at radius 2 is 1.72 bits per heavy atom. The quantitative estimate of drug-likeness (QED) is 0.450. The zero-order valence-corrected chi connectivity index (χ0v) is 17.3. The van der Waals surface area contributed by atoms with Crippen LogP contribution in [0.2, 0.25) is 0 Å². The van der Waals surface area contributed by atoms with Gasteiger partial charge in [0.2, 0.25) is 0 Å². The second-order valence-electron chi connectivity index (χ2n) is 6.70. The fourth-order valence-electron chi connectivity index (χ4n) is 3.41. The maximum Gasteiger partial charge on any atom is 0.332 e. The molecule has 2 heterocycles. The molecule has 0 aliphatic rings. The molecular formula is C21H16BrN5O2. The van der Waals surface area contributed by atoms with Crippen LogP contribution in [-0.2, 0) is 20.6 Å². The minimum absolute atomic E-state index is 0.237. The van der Waals surface area contributed by atoms with Crippen molar-refractivity contribution >= 4 is 27.1 Å². The highest BCUT2D eigenvalue weighted by atomic mass is 79.9. The molecule has 0 fully saturated rings. The third-order valence-electron chi connectivity index (χ3n) is 4.95. The highest BCUT2D eigenvalue weighted by molar-refractivity contribution is 9.10. The van der Waals surface area contributed by atoms with Gasteiger partial charge in [-0.2, -0.15) is 5.26 Å². The van der Waals surface area contributed by atoms with Gasteiger partial charge >= 0.3 is 5.69 Å². The Balaban J connectivity index is 1.77. The molecule has 7 nitrogen and oxygen atoms in total. The number of aryl methyl sites for hydroxylation is 1. The molecule has 0 saturated carbocycles. The minimum Gasteiger partial charge on any atom is -0.300 e. The molecule has 0 spiro atoms. The molecule has 8 heteroatoms. The van der Waals surface area contributed by atoms with Crippen LogP contribution in [0.5, 0.6) is 0 Å². The van der Waals surface area contributed by atoms with Gasteiger partial charge in [-0.3, -0.25) is 18.5 Å². The molecule has 0 aliphatic carbocycles. The second-order valence-corrected chi connectivity index (χ2v) is 7.41. The van der Waals surface area contributed by atoms with Crippen LogP contribution in [0.4, 0.5) is 0 Å². The summed E-state index contributed by atoms with van der Waals surface area (Å²) in [5, 5.41) is 9.31. The number of aromatic nitrogens is 4. The Morgan fingerprint density at radius 3 is 2.41 bits per heavy atom. The first-order chi connectivity index (χ1) is 13.9. The summed E-state index contributed by atoms with van der Waals surface area (Å²) >= 11 is 3.41. The van der Waals surface area contributed by atoms with E-state index < -0.39 is 11.2 Å². The van der Waals surface area contributed by atoms with E-state index >= 15 is 0 Å². The van der Waals surface area contributed by atoms with E-state index in [0.717, 1.165) is 21.3 Å². The lowest BCUT2D eigenvalue weighted by atomic mass is 9.99. The van der Waals surface area contributed by atoms with Crippen molar-refractivity contribution in [1.82, 2.24) is 18.7 Å².